The fourth-order valence-corrected chi connectivity index (χ4v) is 1.83. The molecule has 19 heavy (non-hydrogen) atoms. The van der Waals surface area contributed by atoms with Crippen molar-refractivity contribution in [1.29, 1.82) is 0 Å². The molecule has 0 aromatic heterocycles. The lowest BCUT2D eigenvalue weighted by Crippen LogP contribution is -2.29. The van der Waals surface area contributed by atoms with Gasteiger partial charge in [0, 0.05) is 0 Å². The molecule has 1 atom stereocenters. The van der Waals surface area contributed by atoms with E-state index in [1.807, 2.05) is 38.1 Å². The van der Waals surface area contributed by atoms with Crippen LogP contribution < -0.4 is 10.5 Å². The van der Waals surface area contributed by atoms with Crippen molar-refractivity contribution in [1.82, 2.24) is 0 Å². The Hall–Kier alpha value is -1.81. The van der Waals surface area contributed by atoms with Gasteiger partial charge in [0.05, 0.1) is 7.11 Å². The average molecular weight is 263 g/mol. The summed E-state index contributed by atoms with van der Waals surface area (Å²) in [6.07, 6.45) is 5.05. The van der Waals surface area contributed by atoms with Gasteiger partial charge in [0.15, 0.2) is 0 Å². The molecule has 0 aliphatic carbocycles. The van der Waals surface area contributed by atoms with Crippen LogP contribution in [0.15, 0.2) is 18.2 Å². The SMILES string of the molecule is COc1ccc(/C=C/CCC(N)C(=O)O)c(C)c1C. The van der Waals surface area contributed by atoms with Gasteiger partial charge >= 0.3 is 5.97 Å². The van der Waals surface area contributed by atoms with Gasteiger partial charge in [-0.3, -0.25) is 4.79 Å². The zero-order chi connectivity index (χ0) is 14.4. The second kappa shape index (κ2) is 6.95. The van der Waals surface area contributed by atoms with Gasteiger partial charge in [0.2, 0.25) is 0 Å². The molecule has 0 saturated heterocycles. The number of allylic oxidation sites excluding steroid dienone is 1. The third kappa shape index (κ3) is 4.10. The predicted octanol–water partition coefficient (Wildman–Crippen LogP) is 2.52. The van der Waals surface area contributed by atoms with Crippen LogP contribution in [0.5, 0.6) is 5.75 Å². The molecule has 0 spiro atoms. The van der Waals surface area contributed by atoms with Crippen LogP contribution >= 0.6 is 0 Å². The molecule has 104 valence electrons. The maximum Gasteiger partial charge on any atom is 0.320 e. The molecule has 4 nitrogen and oxygen atoms in total. The highest BCUT2D eigenvalue weighted by Crippen LogP contribution is 2.24. The fraction of sp³-hybridized carbons (Fsp3) is 0.400. The van der Waals surface area contributed by atoms with Crippen molar-refractivity contribution < 1.29 is 14.6 Å². The maximum atomic E-state index is 10.6. The molecule has 0 heterocycles. The summed E-state index contributed by atoms with van der Waals surface area (Å²) in [6.45, 7) is 4.06. The average Bonchev–Trinajstić information content (AvgIpc) is 2.39. The summed E-state index contributed by atoms with van der Waals surface area (Å²) in [5.74, 6) is -0.0765. The van der Waals surface area contributed by atoms with Crippen LogP contribution in [0, 0.1) is 13.8 Å². The van der Waals surface area contributed by atoms with Gasteiger partial charge in [-0.25, -0.2) is 0 Å². The third-order valence-corrected chi connectivity index (χ3v) is 3.26. The van der Waals surface area contributed by atoms with E-state index in [1.165, 1.54) is 0 Å². The summed E-state index contributed by atoms with van der Waals surface area (Å²) in [5, 5.41) is 8.67. The number of carbonyl (C=O) groups is 1. The Bertz CT molecular complexity index is 481. The molecule has 0 aliphatic heterocycles. The van der Waals surface area contributed by atoms with Crippen LogP contribution in [-0.2, 0) is 4.79 Å². The maximum absolute atomic E-state index is 10.6. The van der Waals surface area contributed by atoms with Gasteiger partial charge in [-0.1, -0.05) is 18.2 Å². The Balaban J connectivity index is 2.68. The number of benzene rings is 1. The molecule has 3 N–H and O–H groups in total. The van der Waals surface area contributed by atoms with Crippen LogP contribution in [0.3, 0.4) is 0 Å². The Morgan fingerprint density at radius 3 is 2.68 bits per heavy atom. The van der Waals surface area contributed by atoms with Gasteiger partial charge in [0.25, 0.3) is 0 Å². The smallest absolute Gasteiger partial charge is 0.320 e. The van der Waals surface area contributed by atoms with Crippen molar-refractivity contribution in [3.8, 4) is 5.75 Å². The van der Waals surface area contributed by atoms with Crippen molar-refractivity contribution in [2.45, 2.75) is 32.7 Å². The van der Waals surface area contributed by atoms with Gasteiger partial charge in [-0.15, -0.1) is 0 Å². The lowest BCUT2D eigenvalue weighted by atomic mass is 10.0. The zero-order valence-electron chi connectivity index (χ0n) is 11.6. The number of carboxylic acid groups (broad SMARTS) is 1. The number of rotatable bonds is 6. The first kappa shape index (κ1) is 15.2. The van der Waals surface area contributed by atoms with E-state index in [4.69, 9.17) is 15.6 Å². The van der Waals surface area contributed by atoms with Crippen molar-refractivity contribution in [3.63, 3.8) is 0 Å². The second-order valence-electron chi connectivity index (χ2n) is 4.53. The summed E-state index contributed by atoms with van der Waals surface area (Å²) in [7, 11) is 1.66. The van der Waals surface area contributed by atoms with Crippen molar-refractivity contribution in [3.05, 3.63) is 34.9 Å². The van der Waals surface area contributed by atoms with E-state index >= 15 is 0 Å². The number of nitrogens with two attached hydrogens (primary N) is 1. The van der Waals surface area contributed by atoms with Gasteiger partial charge in [-0.2, -0.15) is 0 Å². The van der Waals surface area contributed by atoms with Crippen LogP contribution in [0.25, 0.3) is 6.08 Å². The van der Waals surface area contributed by atoms with E-state index in [1.54, 1.807) is 7.11 Å². The minimum absolute atomic E-state index is 0.444. The minimum Gasteiger partial charge on any atom is -0.496 e. The summed E-state index contributed by atoms with van der Waals surface area (Å²) >= 11 is 0. The van der Waals surface area contributed by atoms with E-state index in [0.717, 1.165) is 22.4 Å². The normalized spacial score (nSPS) is 12.6. The standard InChI is InChI=1S/C15H21NO3/c1-10-11(2)14(19-3)9-8-12(10)6-4-5-7-13(16)15(17)18/h4,6,8-9,13H,5,7,16H2,1-3H3,(H,17,18)/b6-4+. The molecule has 1 aromatic rings. The molecule has 0 saturated carbocycles. The van der Waals surface area contributed by atoms with Crippen molar-refractivity contribution in [2.24, 2.45) is 5.73 Å². The summed E-state index contributed by atoms with van der Waals surface area (Å²) < 4.78 is 5.26. The topological polar surface area (TPSA) is 72.5 Å². The van der Waals surface area contributed by atoms with Crippen LogP contribution in [0.4, 0.5) is 0 Å². The van der Waals surface area contributed by atoms with Gasteiger partial charge < -0.3 is 15.6 Å². The van der Waals surface area contributed by atoms with Crippen molar-refractivity contribution >= 4 is 12.0 Å². The first-order chi connectivity index (χ1) is 8.97. The number of ether oxygens (including phenoxy) is 1. The Morgan fingerprint density at radius 2 is 2.11 bits per heavy atom. The third-order valence-electron chi connectivity index (χ3n) is 3.26. The van der Waals surface area contributed by atoms with Crippen LogP contribution in [0.2, 0.25) is 0 Å². The fourth-order valence-electron chi connectivity index (χ4n) is 1.83. The zero-order valence-corrected chi connectivity index (χ0v) is 11.6. The van der Waals surface area contributed by atoms with E-state index in [2.05, 4.69) is 0 Å². The molecule has 0 radical (unpaired) electrons. The number of aliphatic carboxylic acids is 1. The highest BCUT2D eigenvalue weighted by Gasteiger charge is 2.09. The van der Waals surface area contributed by atoms with E-state index in [0.29, 0.717) is 12.8 Å². The molecular formula is C15H21NO3. The van der Waals surface area contributed by atoms with Crippen molar-refractivity contribution in [2.75, 3.05) is 7.11 Å². The summed E-state index contributed by atoms with van der Waals surface area (Å²) in [6, 6.07) is 3.14. The number of carboxylic acids is 1. The first-order valence-corrected chi connectivity index (χ1v) is 6.26. The Labute approximate surface area is 113 Å². The molecule has 0 aliphatic rings. The molecule has 1 unspecified atom stereocenters. The Kier molecular flexibility index (Phi) is 5.57. The highest BCUT2D eigenvalue weighted by atomic mass is 16.5. The quantitative estimate of drug-likeness (QED) is 0.827. The lowest BCUT2D eigenvalue weighted by molar-refractivity contribution is -0.138. The molecule has 0 fully saturated rings. The predicted molar refractivity (Wildman–Crippen MR) is 76.3 cm³/mol. The minimum atomic E-state index is -0.954. The number of hydrogen-bond donors (Lipinski definition) is 2. The monoisotopic (exact) mass is 263 g/mol. The first-order valence-electron chi connectivity index (χ1n) is 6.26. The molecule has 1 rings (SSSR count). The van der Waals surface area contributed by atoms with Crippen LogP contribution in [-0.4, -0.2) is 24.2 Å². The highest BCUT2D eigenvalue weighted by molar-refractivity contribution is 5.73. The summed E-state index contributed by atoms with van der Waals surface area (Å²) in [4.78, 5) is 10.6. The number of hydrogen-bond acceptors (Lipinski definition) is 3. The van der Waals surface area contributed by atoms with E-state index in [-0.39, 0.29) is 0 Å². The lowest BCUT2D eigenvalue weighted by Gasteiger charge is -2.10. The van der Waals surface area contributed by atoms with E-state index < -0.39 is 12.0 Å². The van der Waals surface area contributed by atoms with E-state index in [9.17, 15) is 4.79 Å². The Morgan fingerprint density at radius 1 is 1.42 bits per heavy atom. The largest absolute Gasteiger partial charge is 0.496 e. The summed E-state index contributed by atoms with van der Waals surface area (Å²) in [5.41, 5.74) is 8.83. The van der Waals surface area contributed by atoms with Gasteiger partial charge in [-0.05, 0) is 49.4 Å². The number of methoxy groups -OCH3 is 1. The molecule has 4 heteroatoms. The molecule has 0 amide bonds. The molecular weight excluding hydrogens is 242 g/mol. The van der Waals surface area contributed by atoms with Crippen LogP contribution in [0.1, 0.15) is 29.5 Å². The molecule has 0 bridgehead atoms. The van der Waals surface area contributed by atoms with Gasteiger partial charge in [0.1, 0.15) is 11.8 Å². The molecule has 1 aromatic carbocycles. The second-order valence-corrected chi connectivity index (χ2v) is 4.53.